The number of carbonyl (C=O) groups excluding carboxylic acids is 2. The number of ether oxygens (including phenoxy) is 3. The van der Waals surface area contributed by atoms with Crippen molar-refractivity contribution < 1.29 is 28.2 Å². The number of amides is 1. The van der Waals surface area contributed by atoms with Crippen molar-refractivity contribution in [3.8, 4) is 17.6 Å². The molecule has 0 unspecified atom stereocenters. The molecule has 0 bridgehead atoms. The van der Waals surface area contributed by atoms with Crippen LogP contribution in [0.3, 0.4) is 0 Å². The first-order valence-electron chi connectivity index (χ1n) is 9.60. The SMILES string of the molecule is COC(=O)c1ccc(COc2ccc(/C=C(\C#N)C(=O)Nc3cccc(Cl)c3)cc2OC)o1. The second-order valence-electron chi connectivity index (χ2n) is 6.59. The van der Waals surface area contributed by atoms with Gasteiger partial charge in [0.1, 0.15) is 24.0 Å². The van der Waals surface area contributed by atoms with Crippen molar-refractivity contribution in [3.05, 3.63) is 82.3 Å². The van der Waals surface area contributed by atoms with Gasteiger partial charge in [-0.2, -0.15) is 5.26 Å². The zero-order valence-corrected chi connectivity index (χ0v) is 18.5. The van der Waals surface area contributed by atoms with Crippen molar-refractivity contribution in [2.45, 2.75) is 6.61 Å². The molecule has 33 heavy (non-hydrogen) atoms. The monoisotopic (exact) mass is 466 g/mol. The fourth-order valence-electron chi connectivity index (χ4n) is 2.79. The molecule has 0 atom stereocenters. The molecule has 3 rings (SSSR count). The quantitative estimate of drug-likeness (QED) is 0.287. The summed E-state index contributed by atoms with van der Waals surface area (Å²) in [6.07, 6.45) is 1.43. The van der Waals surface area contributed by atoms with Crippen LogP contribution in [0.2, 0.25) is 5.02 Å². The summed E-state index contributed by atoms with van der Waals surface area (Å²) in [5.74, 6) is 0.138. The average Bonchev–Trinajstić information content (AvgIpc) is 3.30. The maximum atomic E-state index is 12.5. The van der Waals surface area contributed by atoms with Crippen molar-refractivity contribution in [2.75, 3.05) is 19.5 Å². The third kappa shape index (κ3) is 6.15. The molecule has 0 aliphatic rings. The number of benzene rings is 2. The Labute approximate surface area is 194 Å². The van der Waals surface area contributed by atoms with Crippen LogP contribution in [0.15, 0.2) is 64.6 Å². The van der Waals surface area contributed by atoms with E-state index in [1.165, 1.54) is 26.4 Å². The van der Waals surface area contributed by atoms with Gasteiger partial charge in [-0.05, 0) is 54.1 Å². The molecule has 1 amide bonds. The van der Waals surface area contributed by atoms with Gasteiger partial charge in [0.05, 0.1) is 14.2 Å². The lowest BCUT2D eigenvalue weighted by atomic mass is 10.1. The molecule has 1 heterocycles. The Morgan fingerprint density at radius 1 is 1.12 bits per heavy atom. The molecule has 0 spiro atoms. The number of hydrogen-bond donors (Lipinski definition) is 1. The van der Waals surface area contributed by atoms with Crippen LogP contribution in [0.5, 0.6) is 11.5 Å². The number of nitriles is 1. The molecule has 0 saturated carbocycles. The number of carbonyl (C=O) groups is 2. The van der Waals surface area contributed by atoms with E-state index in [0.29, 0.717) is 33.5 Å². The van der Waals surface area contributed by atoms with E-state index in [9.17, 15) is 14.9 Å². The molecule has 0 radical (unpaired) electrons. The summed E-state index contributed by atoms with van der Waals surface area (Å²) < 4.78 is 21.0. The van der Waals surface area contributed by atoms with Gasteiger partial charge in [-0.1, -0.05) is 23.7 Å². The van der Waals surface area contributed by atoms with E-state index in [1.807, 2.05) is 6.07 Å². The zero-order valence-electron chi connectivity index (χ0n) is 17.8. The van der Waals surface area contributed by atoms with Crippen molar-refractivity contribution in [2.24, 2.45) is 0 Å². The van der Waals surface area contributed by atoms with Crippen LogP contribution >= 0.6 is 11.6 Å². The molecule has 8 nitrogen and oxygen atoms in total. The number of nitrogens with zero attached hydrogens (tertiary/aromatic N) is 1. The molecule has 0 saturated heterocycles. The van der Waals surface area contributed by atoms with Crippen LogP contribution in [-0.2, 0) is 16.1 Å². The van der Waals surface area contributed by atoms with Gasteiger partial charge in [0.2, 0.25) is 5.76 Å². The van der Waals surface area contributed by atoms with Gasteiger partial charge in [0, 0.05) is 10.7 Å². The Kier molecular flexibility index (Phi) is 7.73. The predicted octanol–water partition coefficient (Wildman–Crippen LogP) is 4.85. The highest BCUT2D eigenvalue weighted by molar-refractivity contribution is 6.31. The Morgan fingerprint density at radius 3 is 2.64 bits per heavy atom. The molecular formula is C24H19ClN2O6. The predicted molar refractivity (Wildman–Crippen MR) is 121 cm³/mol. The van der Waals surface area contributed by atoms with Gasteiger partial charge in [0.25, 0.3) is 5.91 Å². The number of nitrogens with one attached hydrogen (secondary N) is 1. The summed E-state index contributed by atoms with van der Waals surface area (Å²) in [7, 11) is 2.73. The van der Waals surface area contributed by atoms with Gasteiger partial charge in [-0.15, -0.1) is 0 Å². The number of esters is 1. The number of furan rings is 1. The lowest BCUT2D eigenvalue weighted by molar-refractivity contribution is -0.112. The third-order valence-corrected chi connectivity index (χ3v) is 4.60. The van der Waals surface area contributed by atoms with E-state index in [4.69, 9.17) is 25.5 Å². The Bertz CT molecular complexity index is 1240. The van der Waals surface area contributed by atoms with Gasteiger partial charge in [-0.25, -0.2) is 4.79 Å². The van der Waals surface area contributed by atoms with Gasteiger partial charge in [-0.3, -0.25) is 4.79 Å². The van der Waals surface area contributed by atoms with Crippen LogP contribution < -0.4 is 14.8 Å². The topological polar surface area (TPSA) is 111 Å². The number of rotatable bonds is 8. The summed E-state index contributed by atoms with van der Waals surface area (Å²) >= 11 is 5.92. The van der Waals surface area contributed by atoms with E-state index >= 15 is 0 Å². The molecule has 1 N–H and O–H groups in total. The second kappa shape index (κ2) is 10.9. The molecule has 1 aromatic heterocycles. The van der Waals surface area contributed by atoms with Crippen LogP contribution in [0.1, 0.15) is 21.9 Å². The first-order valence-corrected chi connectivity index (χ1v) is 9.98. The van der Waals surface area contributed by atoms with Crippen molar-refractivity contribution in [1.82, 2.24) is 0 Å². The van der Waals surface area contributed by atoms with Crippen molar-refractivity contribution >= 4 is 35.2 Å². The minimum absolute atomic E-state index is 0.0496. The van der Waals surface area contributed by atoms with Gasteiger partial charge < -0.3 is 23.9 Å². The summed E-state index contributed by atoms with van der Waals surface area (Å²) in [4.78, 5) is 23.9. The van der Waals surface area contributed by atoms with Gasteiger partial charge >= 0.3 is 5.97 Å². The summed E-state index contributed by atoms with van der Waals surface area (Å²) in [5.41, 5.74) is 0.933. The fourth-order valence-corrected chi connectivity index (χ4v) is 2.98. The molecule has 9 heteroatoms. The summed E-state index contributed by atoms with van der Waals surface area (Å²) in [6, 6.07) is 16.5. The normalized spacial score (nSPS) is 10.8. The Hall–Kier alpha value is -4.22. The smallest absolute Gasteiger partial charge is 0.373 e. The lowest BCUT2D eigenvalue weighted by Gasteiger charge is -2.11. The van der Waals surface area contributed by atoms with Crippen LogP contribution in [0.25, 0.3) is 6.08 Å². The first kappa shape index (κ1) is 23.4. The van der Waals surface area contributed by atoms with Crippen LogP contribution in [0, 0.1) is 11.3 Å². The summed E-state index contributed by atoms with van der Waals surface area (Å²) in [5, 5.41) is 12.5. The first-order chi connectivity index (χ1) is 15.9. The lowest BCUT2D eigenvalue weighted by Crippen LogP contribution is -2.13. The standard InChI is InChI=1S/C24H19ClN2O6/c1-30-22-11-15(10-16(13-26)23(28)27-18-5-3-4-17(25)12-18)6-8-20(22)32-14-19-7-9-21(33-19)24(29)31-2/h3-12H,14H2,1-2H3,(H,27,28)/b16-10+. The highest BCUT2D eigenvalue weighted by Crippen LogP contribution is 2.30. The largest absolute Gasteiger partial charge is 0.493 e. The number of halogens is 1. The Morgan fingerprint density at radius 2 is 1.94 bits per heavy atom. The van der Waals surface area contributed by atoms with E-state index in [-0.39, 0.29) is 17.9 Å². The number of hydrogen-bond acceptors (Lipinski definition) is 7. The molecule has 168 valence electrons. The fraction of sp³-hybridized carbons (Fsp3) is 0.125. The molecule has 2 aromatic carbocycles. The molecule has 3 aromatic rings. The molecule has 0 aliphatic carbocycles. The number of methoxy groups -OCH3 is 2. The summed E-state index contributed by atoms with van der Waals surface area (Å²) in [6.45, 7) is 0.0496. The van der Waals surface area contributed by atoms with E-state index in [0.717, 1.165) is 0 Å². The van der Waals surface area contributed by atoms with Crippen molar-refractivity contribution in [1.29, 1.82) is 5.26 Å². The van der Waals surface area contributed by atoms with Crippen LogP contribution in [0.4, 0.5) is 5.69 Å². The molecular weight excluding hydrogens is 448 g/mol. The maximum Gasteiger partial charge on any atom is 0.373 e. The molecule has 0 aliphatic heterocycles. The Balaban J connectivity index is 1.72. The van der Waals surface area contributed by atoms with Crippen molar-refractivity contribution in [3.63, 3.8) is 0 Å². The van der Waals surface area contributed by atoms with E-state index in [1.54, 1.807) is 48.5 Å². The average molecular weight is 467 g/mol. The highest BCUT2D eigenvalue weighted by Gasteiger charge is 2.14. The maximum absolute atomic E-state index is 12.5. The minimum Gasteiger partial charge on any atom is -0.493 e. The molecule has 0 fully saturated rings. The van der Waals surface area contributed by atoms with E-state index in [2.05, 4.69) is 10.1 Å². The minimum atomic E-state index is -0.581. The van der Waals surface area contributed by atoms with Crippen LogP contribution in [-0.4, -0.2) is 26.1 Å². The second-order valence-corrected chi connectivity index (χ2v) is 7.03. The zero-order chi connectivity index (χ0) is 23.8. The number of anilines is 1. The van der Waals surface area contributed by atoms with E-state index < -0.39 is 11.9 Å². The highest BCUT2D eigenvalue weighted by atomic mass is 35.5. The third-order valence-electron chi connectivity index (χ3n) is 4.36. The van der Waals surface area contributed by atoms with Gasteiger partial charge in [0.15, 0.2) is 11.5 Å².